The van der Waals surface area contributed by atoms with Crippen LogP contribution in [0.15, 0.2) is 36.4 Å². The van der Waals surface area contributed by atoms with Crippen molar-refractivity contribution in [2.75, 3.05) is 39.2 Å². The van der Waals surface area contributed by atoms with Gasteiger partial charge in [0.15, 0.2) is 0 Å². The summed E-state index contributed by atoms with van der Waals surface area (Å²) in [5, 5.41) is 0. The maximum atomic E-state index is 12.5. The van der Waals surface area contributed by atoms with Gasteiger partial charge >= 0.3 is 5.97 Å². The van der Waals surface area contributed by atoms with E-state index in [1.807, 2.05) is 43.5 Å². The van der Waals surface area contributed by atoms with Crippen molar-refractivity contribution in [1.29, 1.82) is 0 Å². The molecule has 2 aliphatic heterocycles. The number of carbonyl (C=O) groups excluding carboxylic acids is 1. The molecule has 26 heavy (non-hydrogen) atoms. The minimum atomic E-state index is -3.60. The zero-order valence-corrected chi connectivity index (χ0v) is 16.0. The smallest absolute Gasteiger partial charge is 0.310 e. The summed E-state index contributed by atoms with van der Waals surface area (Å²) >= 11 is 0. The van der Waals surface area contributed by atoms with E-state index in [2.05, 4.69) is 4.90 Å². The van der Waals surface area contributed by atoms with E-state index in [4.69, 9.17) is 4.74 Å². The molecule has 1 fully saturated rings. The molecule has 7 heteroatoms. The van der Waals surface area contributed by atoms with Crippen LogP contribution in [0, 0.1) is 5.92 Å². The molecule has 0 atom stereocenters. The lowest BCUT2D eigenvalue weighted by Gasteiger charge is -2.28. The Labute approximate surface area is 155 Å². The summed E-state index contributed by atoms with van der Waals surface area (Å²) in [5.41, 5.74) is 2.28. The van der Waals surface area contributed by atoms with Gasteiger partial charge in [-0.25, -0.2) is 8.42 Å². The number of esters is 1. The molecule has 0 unspecified atom stereocenters. The van der Waals surface area contributed by atoms with E-state index in [-0.39, 0.29) is 11.9 Å². The molecular formula is C19H26N2O4S. The molecule has 6 nitrogen and oxygen atoms in total. The molecule has 0 aliphatic carbocycles. The Bertz CT molecular complexity index is 753. The van der Waals surface area contributed by atoms with Gasteiger partial charge in [0, 0.05) is 13.1 Å². The number of hydrogen-bond donors (Lipinski definition) is 0. The van der Waals surface area contributed by atoms with Crippen LogP contribution in [0.25, 0.3) is 5.57 Å². The highest BCUT2D eigenvalue weighted by Gasteiger charge is 2.29. The first-order chi connectivity index (χ1) is 12.5. The summed E-state index contributed by atoms with van der Waals surface area (Å²) in [7, 11) is -1.58. The summed E-state index contributed by atoms with van der Waals surface area (Å²) in [6.07, 6.45) is 4.05. The van der Waals surface area contributed by atoms with Gasteiger partial charge in [0.05, 0.1) is 5.92 Å². The third-order valence-corrected chi connectivity index (χ3v) is 6.65. The highest BCUT2D eigenvalue weighted by Crippen LogP contribution is 2.24. The lowest BCUT2D eigenvalue weighted by molar-refractivity contribution is -0.148. The quantitative estimate of drug-likeness (QED) is 0.733. The fourth-order valence-electron chi connectivity index (χ4n) is 3.39. The number of piperidine rings is 1. The van der Waals surface area contributed by atoms with Crippen molar-refractivity contribution in [2.24, 2.45) is 5.92 Å². The van der Waals surface area contributed by atoms with Crippen LogP contribution in [0.1, 0.15) is 24.8 Å². The van der Waals surface area contributed by atoms with Crippen LogP contribution >= 0.6 is 0 Å². The fraction of sp³-hybridized carbons (Fsp3) is 0.526. The molecule has 0 aromatic heterocycles. The monoisotopic (exact) mass is 378 g/mol. The Morgan fingerprint density at radius 1 is 1.15 bits per heavy atom. The minimum Gasteiger partial charge on any atom is -0.448 e. The molecule has 0 spiro atoms. The fourth-order valence-corrected chi connectivity index (χ4v) is 4.47. The van der Waals surface area contributed by atoms with Gasteiger partial charge in [0.1, 0.15) is 0 Å². The summed E-state index contributed by atoms with van der Waals surface area (Å²) in [5.74, 6) is -1.14. The highest BCUT2D eigenvalue weighted by atomic mass is 32.2. The number of hydrogen-bond acceptors (Lipinski definition) is 5. The molecule has 2 heterocycles. The van der Waals surface area contributed by atoms with Gasteiger partial charge in [0.25, 0.3) is 0 Å². The number of ether oxygens (including phenoxy) is 1. The molecule has 0 amide bonds. The Morgan fingerprint density at radius 2 is 1.85 bits per heavy atom. The predicted octanol–water partition coefficient (Wildman–Crippen LogP) is 1.95. The maximum absolute atomic E-state index is 12.5. The lowest BCUT2D eigenvalue weighted by atomic mass is 9.98. The van der Waals surface area contributed by atoms with E-state index in [1.165, 1.54) is 4.31 Å². The van der Waals surface area contributed by atoms with E-state index in [0.29, 0.717) is 19.5 Å². The normalized spacial score (nSPS) is 20.6. The lowest BCUT2D eigenvalue weighted by Crippen LogP contribution is -2.39. The number of benzene rings is 1. The van der Waals surface area contributed by atoms with Crippen LogP contribution in [0.4, 0.5) is 0 Å². The number of likely N-dealkylation sites (tertiary alicyclic amines) is 1. The second kappa shape index (κ2) is 8.33. The van der Waals surface area contributed by atoms with Gasteiger partial charge in [-0.2, -0.15) is 4.31 Å². The average molecular weight is 378 g/mol. The largest absolute Gasteiger partial charge is 0.448 e. The Morgan fingerprint density at radius 3 is 2.46 bits per heavy atom. The van der Waals surface area contributed by atoms with Crippen molar-refractivity contribution in [2.45, 2.75) is 19.3 Å². The first-order valence-corrected chi connectivity index (χ1v) is 10.6. The van der Waals surface area contributed by atoms with Gasteiger partial charge in [-0.3, -0.25) is 4.79 Å². The van der Waals surface area contributed by atoms with Crippen molar-refractivity contribution in [1.82, 2.24) is 9.21 Å². The van der Waals surface area contributed by atoms with Gasteiger partial charge in [-0.15, -0.1) is 0 Å². The second-order valence-electron chi connectivity index (χ2n) is 6.97. The predicted molar refractivity (Wildman–Crippen MR) is 101 cm³/mol. The molecule has 1 aromatic rings. The highest BCUT2D eigenvalue weighted by molar-refractivity contribution is 7.88. The molecule has 0 N–H and O–H groups in total. The van der Waals surface area contributed by atoms with E-state index in [0.717, 1.165) is 37.1 Å². The van der Waals surface area contributed by atoms with Crippen molar-refractivity contribution in [3.05, 3.63) is 42.0 Å². The van der Waals surface area contributed by atoms with Gasteiger partial charge in [-0.1, -0.05) is 36.4 Å². The molecule has 1 aromatic carbocycles. The van der Waals surface area contributed by atoms with E-state index < -0.39 is 16.0 Å². The third kappa shape index (κ3) is 4.72. The zero-order chi connectivity index (χ0) is 18.6. The van der Waals surface area contributed by atoms with Gasteiger partial charge in [0.2, 0.25) is 16.0 Å². The molecular weight excluding hydrogens is 352 g/mol. The van der Waals surface area contributed by atoms with Crippen LogP contribution in [0.5, 0.6) is 0 Å². The molecule has 2 aliphatic rings. The zero-order valence-electron chi connectivity index (χ0n) is 15.1. The Hall–Kier alpha value is -1.70. The van der Waals surface area contributed by atoms with Gasteiger partial charge in [-0.05, 0) is 50.5 Å². The summed E-state index contributed by atoms with van der Waals surface area (Å²) < 4.78 is 31.5. The van der Waals surface area contributed by atoms with Crippen molar-refractivity contribution in [3.8, 4) is 0 Å². The van der Waals surface area contributed by atoms with Gasteiger partial charge < -0.3 is 9.64 Å². The van der Waals surface area contributed by atoms with Crippen LogP contribution in [-0.4, -0.2) is 62.8 Å². The molecule has 0 bridgehead atoms. The SMILES string of the molecule is CN1CCC(C(=O)OCS(=O)(=O)N2CC=C(c3ccccc3)CC2)CC1. The summed E-state index contributed by atoms with van der Waals surface area (Å²) in [6.45, 7) is 2.41. The number of carbonyl (C=O) groups is 1. The van der Waals surface area contributed by atoms with E-state index in [1.54, 1.807) is 0 Å². The number of rotatable bonds is 5. The van der Waals surface area contributed by atoms with Crippen LogP contribution in [0.3, 0.4) is 0 Å². The topological polar surface area (TPSA) is 66.9 Å². The van der Waals surface area contributed by atoms with E-state index >= 15 is 0 Å². The average Bonchev–Trinajstić information content (AvgIpc) is 2.67. The maximum Gasteiger partial charge on any atom is 0.310 e. The Balaban J connectivity index is 1.53. The third-order valence-electron chi connectivity index (χ3n) is 5.11. The number of nitrogens with zero attached hydrogens (tertiary/aromatic N) is 2. The van der Waals surface area contributed by atoms with Crippen LogP contribution < -0.4 is 0 Å². The molecule has 1 saturated heterocycles. The van der Waals surface area contributed by atoms with Crippen molar-refractivity contribution < 1.29 is 17.9 Å². The molecule has 0 saturated carbocycles. The first kappa shape index (κ1) is 19.1. The van der Waals surface area contributed by atoms with Crippen LogP contribution in [0.2, 0.25) is 0 Å². The van der Waals surface area contributed by atoms with Crippen molar-refractivity contribution >= 4 is 21.6 Å². The first-order valence-electron chi connectivity index (χ1n) is 9.03. The molecule has 3 rings (SSSR count). The number of sulfonamides is 1. The van der Waals surface area contributed by atoms with Crippen LogP contribution in [-0.2, 0) is 19.6 Å². The second-order valence-corrected chi connectivity index (χ2v) is 8.89. The standard InChI is InChI=1S/C19H26N2O4S/c1-20-11-7-18(8-12-20)19(22)25-15-26(23,24)21-13-9-17(10-14-21)16-5-3-2-4-6-16/h2-6,9,18H,7-8,10-15H2,1H3. The molecule has 0 radical (unpaired) electrons. The van der Waals surface area contributed by atoms with Crippen molar-refractivity contribution in [3.63, 3.8) is 0 Å². The summed E-state index contributed by atoms with van der Waals surface area (Å²) in [4.78, 5) is 14.3. The minimum absolute atomic E-state index is 0.188. The summed E-state index contributed by atoms with van der Waals surface area (Å²) in [6, 6.07) is 9.96. The molecule has 142 valence electrons. The van der Waals surface area contributed by atoms with E-state index in [9.17, 15) is 13.2 Å². The Kier molecular flexibility index (Phi) is 6.11.